The van der Waals surface area contributed by atoms with Gasteiger partial charge in [-0.05, 0) is 11.6 Å². The van der Waals surface area contributed by atoms with Gasteiger partial charge in [0, 0.05) is 38.9 Å². The van der Waals surface area contributed by atoms with Gasteiger partial charge >= 0.3 is 0 Å². The highest BCUT2D eigenvalue weighted by Gasteiger charge is 2.23. The van der Waals surface area contributed by atoms with Crippen LogP contribution in [0.25, 0.3) is 11.0 Å². The van der Waals surface area contributed by atoms with Gasteiger partial charge < -0.3 is 23.8 Å². The van der Waals surface area contributed by atoms with E-state index in [2.05, 4.69) is 50.9 Å². The number of aromatic nitrogens is 3. The van der Waals surface area contributed by atoms with Crippen LogP contribution >= 0.6 is 0 Å². The van der Waals surface area contributed by atoms with Crippen molar-refractivity contribution >= 4 is 22.8 Å². The molecule has 0 radical (unpaired) electrons. The first-order valence-corrected chi connectivity index (χ1v) is 9.95. The molecule has 0 aliphatic carbocycles. The van der Waals surface area contributed by atoms with Crippen LogP contribution in [0.15, 0.2) is 42.6 Å². The molecule has 2 aliphatic rings. The Balaban J connectivity index is 1.58. The molecule has 0 atom stereocenters. The molecule has 3 aromatic rings. The van der Waals surface area contributed by atoms with Crippen molar-refractivity contribution in [2.45, 2.75) is 6.54 Å². The Hall–Kier alpha value is -2.64. The minimum absolute atomic E-state index is 0.725. The van der Waals surface area contributed by atoms with E-state index in [1.165, 1.54) is 5.56 Å². The third-order valence-electron chi connectivity index (χ3n) is 5.38. The molecule has 28 heavy (non-hydrogen) atoms. The molecule has 0 amide bonds. The third kappa shape index (κ3) is 3.43. The van der Waals surface area contributed by atoms with E-state index in [4.69, 9.17) is 19.4 Å². The van der Waals surface area contributed by atoms with Crippen LogP contribution < -0.4 is 9.80 Å². The van der Waals surface area contributed by atoms with E-state index in [-0.39, 0.29) is 0 Å². The summed E-state index contributed by atoms with van der Waals surface area (Å²) in [5, 5.41) is 0. The van der Waals surface area contributed by atoms with Crippen LogP contribution in [0.5, 0.6) is 0 Å². The molecule has 0 N–H and O–H groups in total. The lowest BCUT2D eigenvalue weighted by Crippen LogP contribution is -2.39. The fourth-order valence-electron chi connectivity index (χ4n) is 3.89. The number of fused-ring (bicyclic) bond motifs is 1. The number of hydrogen-bond donors (Lipinski definition) is 0. The molecular formula is C21H25N5O2. The average Bonchev–Trinajstić information content (AvgIpc) is 3.18. The summed E-state index contributed by atoms with van der Waals surface area (Å²) in [5.41, 5.74) is 3.36. The number of anilines is 2. The summed E-state index contributed by atoms with van der Waals surface area (Å²) in [6.45, 7) is 7.10. The lowest BCUT2D eigenvalue weighted by molar-refractivity contribution is 0.121. The van der Waals surface area contributed by atoms with Crippen molar-refractivity contribution in [3.63, 3.8) is 0 Å². The maximum Gasteiger partial charge on any atom is 0.228 e. The third-order valence-corrected chi connectivity index (χ3v) is 5.38. The Morgan fingerprint density at radius 1 is 0.786 bits per heavy atom. The summed E-state index contributed by atoms with van der Waals surface area (Å²) in [6.07, 6.45) is 2.12. The van der Waals surface area contributed by atoms with Crippen molar-refractivity contribution in [1.82, 2.24) is 14.5 Å². The summed E-state index contributed by atoms with van der Waals surface area (Å²) < 4.78 is 13.3. The van der Waals surface area contributed by atoms with Crippen LogP contribution in [-0.2, 0) is 16.0 Å². The van der Waals surface area contributed by atoms with Gasteiger partial charge in [-0.3, -0.25) is 0 Å². The van der Waals surface area contributed by atoms with E-state index >= 15 is 0 Å². The largest absolute Gasteiger partial charge is 0.378 e. The topological polar surface area (TPSA) is 55.7 Å². The van der Waals surface area contributed by atoms with Gasteiger partial charge in [-0.2, -0.15) is 4.98 Å². The van der Waals surface area contributed by atoms with Crippen LogP contribution in [0.2, 0.25) is 0 Å². The molecule has 1 aromatic carbocycles. The van der Waals surface area contributed by atoms with Crippen molar-refractivity contribution in [2.75, 3.05) is 62.4 Å². The maximum atomic E-state index is 5.57. The number of hydrogen-bond acceptors (Lipinski definition) is 6. The van der Waals surface area contributed by atoms with Gasteiger partial charge in [0.05, 0.1) is 31.9 Å². The summed E-state index contributed by atoms with van der Waals surface area (Å²) in [4.78, 5) is 14.5. The van der Waals surface area contributed by atoms with Crippen LogP contribution in [0, 0.1) is 0 Å². The Morgan fingerprint density at radius 2 is 1.46 bits per heavy atom. The zero-order chi connectivity index (χ0) is 18.8. The smallest absolute Gasteiger partial charge is 0.228 e. The van der Waals surface area contributed by atoms with Crippen molar-refractivity contribution < 1.29 is 9.47 Å². The zero-order valence-corrected chi connectivity index (χ0v) is 16.0. The molecule has 0 saturated carbocycles. The van der Waals surface area contributed by atoms with E-state index in [9.17, 15) is 0 Å². The number of morpholine rings is 2. The number of nitrogens with zero attached hydrogens (tertiary/aromatic N) is 5. The summed E-state index contributed by atoms with van der Waals surface area (Å²) in [5.74, 6) is 1.81. The van der Waals surface area contributed by atoms with Crippen LogP contribution in [0.4, 0.5) is 11.8 Å². The first-order valence-electron chi connectivity index (χ1n) is 9.95. The van der Waals surface area contributed by atoms with E-state index in [0.29, 0.717) is 0 Å². The lowest BCUT2D eigenvalue weighted by atomic mass is 10.2. The van der Waals surface area contributed by atoms with Gasteiger partial charge in [0.15, 0.2) is 5.82 Å². The number of benzene rings is 1. The second-order valence-corrected chi connectivity index (χ2v) is 7.21. The zero-order valence-electron chi connectivity index (χ0n) is 16.0. The quantitative estimate of drug-likeness (QED) is 0.692. The molecule has 4 heterocycles. The Kier molecular flexibility index (Phi) is 4.85. The molecule has 0 bridgehead atoms. The average molecular weight is 379 g/mol. The monoisotopic (exact) mass is 379 g/mol. The molecule has 146 valence electrons. The first kappa shape index (κ1) is 17.5. The van der Waals surface area contributed by atoms with Crippen molar-refractivity contribution in [1.29, 1.82) is 0 Å². The minimum atomic E-state index is 0.725. The minimum Gasteiger partial charge on any atom is -0.378 e. The molecule has 2 saturated heterocycles. The van der Waals surface area contributed by atoms with E-state index < -0.39 is 0 Å². The molecule has 0 spiro atoms. The van der Waals surface area contributed by atoms with Gasteiger partial charge in [0.2, 0.25) is 5.95 Å². The van der Waals surface area contributed by atoms with Crippen LogP contribution in [0.3, 0.4) is 0 Å². The highest BCUT2D eigenvalue weighted by Crippen LogP contribution is 2.29. The molecule has 7 heteroatoms. The summed E-state index contributed by atoms with van der Waals surface area (Å²) in [6, 6.07) is 12.6. The second-order valence-electron chi connectivity index (χ2n) is 7.21. The molecule has 2 aliphatic heterocycles. The molecule has 7 nitrogen and oxygen atoms in total. The van der Waals surface area contributed by atoms with E-state index in [0.717, 1.165) is 82.0 Å². The van der Waals surface area contributed by atoms with Crippen molar-refractivity contribution in [3.05, 3.63) is 48.2 Å². The lowest BCUT2D eigenvalue weighted by Gasteiger charge is -2.31. The van der Waals surface area contributed by atoms with Gasteiger partial charge in [0.25, 0.3) is 0 Å². The van der Waals surface area contributed by atoms with Gasteiger partial charge in [-0.25, -0.2) is 4.98 Å². The Morgan fingerprint density at radius 3 is 2.18 bits per heavy atom. The number of ether oxygens (including phenoxy) is 2. The predicted molar refractivity (Wildman–Crippen MR) is 109 cm³/mol. The van der Waals surface area contributed by atoms with Gasteiger partial charge in [0.1, 0.15) is 5.52 Å². The van der Waals surface area contributed by atoms with Gasteiger partial charge in [-0.15, -0.1) is 0 Å². The van der Waals surface area contributed by atoms with E-state index in [1.54, 1.807) is 0 Å². The SMILES string of the molecule is c1ccc(Cn2ccc3nc(N4CCOCC4)nc(N4CCOCC4)c32)cc1. The van der Waals surface area contributed by atoms with Crippen molar-refractivity contribution in [2.24, 2.45) is 0 Å². The fourth-order valence-corrected chi connectivity index (χ4v) is 3.89. The Labute approximate surface area is 164 Å². The second kappa shape index (κ2) is 7.77. The predicted octanol–water partition coefficient (Wildman–Crippen LogP) is 2.15. The first-order chi connectivity index (χ1) is 13.9. The summed E-state index contributed by atoms with van der Waals surface area (Å²) >= 11 is 0. The van der Waals surface area contributed by atoms with Crippen LogP contribution in [-0.4, -0.2) is 67.1 Å². The Bertz CT molecular complexity index is 931. The standard InChI is InChI=1S/C21H25N5O2/c1-2-4-17(5-3-1)16-26-7-6-18-19(26)20(24-8-12-27-13-9-24)23-21(22-18)25-10-14-28-15-11-25/h1-7H,8-16H2. The van der Waals surface area contributed by atoms with E-state index in [1.807, 2.05) is 6.07 Å². The van der Waals surface area contributed by atoms with Gasteiger partial charge in [-0.1, -0.05) is 30.3 Å². The molecular weight excluding hydrogens is 354 g/mol. The maximum absolute atomic E-state index is 5.57. The molecule has 2 aromatic heterocycles. The highest BCUT2D eigenvalue weighted by molar-refractivity contribution is 5.88. The van der Waals surface area contributed by atoms with Crippen molar-refractivity contribution in [3.8, 4) is 0 Å². The molecule has 2 fully saturated rings. The van der Waals surface area contributed by atoms with Crippen LogP contribution in [0.1, 0.15) is 5.56 Å². The summed E-state index contributed by atoms with van der Waals surface area (Å²) in [7, 11) is 0. The fraction of sp³-hybridized carbons (Fsp3) is 0.429. The number of rotatable bonds is 4. The molecule has 0 unspecified atom stereocenters. The highest BCUT2D eigenvalue weighted by atomic mass is 16.5. The normalized spacial score (nSPS) is 18.0. The molecule has 5 rings (SSSR count).